The fourth-order valence-electron chi connectivity index (χ4n) is 5.38. The van der Waals surface area contributed by atoms with Crippen LogP contribution in [0, 0.1) is 37.0 Å². The Morgan fingerprint density at radius 3 is 2.71 bits per heavy atom. The molecule has 208 valence electrons. The summed E-state index contributed by atoms with van der Waals surface area (Å²) < 4.78 is 3.51. The number of hydrogen-bond donors (Lipinski definition) is 1. The zero-order chi connectivity index (χ0) is 29.1. The van der Waals surface area contributed by atoms with Gasteiger partial charge in [0.05, 0.1) is 30.6 Å². The van der Waals surface area contributed by atoms with Crippen LogP contribution in [0.25, 0.3) is 11.0 Å². The second-order valence-electron chi connectivity index (χ2n) is 10.7. The molecule has 2 aromatic carbocycles. The second kappa shape index (κ2) is 11.7. The molecule has 5 rings (SSSR count). The average molecular weight is 549 g/mol. The van der Waals surface area contributed by atoms with Gasteiger partial charge in [0, 0.05) is 30.9 Å². The lowest BCUT2D eigenvalue weighted by molar-refractivity contribution is -0.405. The van der Waals surface area contributed by atoms with E-state index in [1.807, 2.05) is 60.2 Å². The number of amides is 1. The van der Waals surface area contributed by atoms with Crippen LogP contribution in [-0.2, 0) is 4.79 Å². The predicted octanol–water partition coefficient (Wildman–Crippen LogP) is 5.22. The van der Waals surface area contributed by atoms with E-state index < -0.39 is 0 Å². The molecule has 1 aliphatic rings. The molecule has 0 aliphatic carbocycles. The Morgan fingerprint density at radius 2 is 1.90 bits per heavy atom. The van der Waals surface area contributed by atoms with Gasteiger partial charge in [-0.25, -0.2) is 4.58 Å². The monoisotopic (exact) mass is 548 g/mol. The highest BCUT2D eigenvalue weighted by atomic mass is 16.2. The maximum Gasteiger partial charge on any atom is 0.335 e. The summed E-state index contributed by atoms with van der Waals surface area (Å²) in [6, 6.07) is 17.4. The molecular formula is C32H34N7O2+. The molecule has 1 saturated heterocycles. The molecule has 3 heterocycles. The number of anilines is 2. The van der Waals surface area contributed by atoms with Crippen molar-refractivity contribution >= 4 is 46.3 Å². The van der Waals surface area contributed by atoms with Crippen LogP contribution in [0.2, 0.25) is 0 Å². The van der Waals surface area contributed by atoms with Gasteiger partial charge in [0.2, 0.25) is 12.2 Å². The van der Waals surface area contributed by atoms with Gasteiger partial charge in [0.25, 0.3) is 5.91 Å². The lowest BCUT2D eigenvalue weighted by atomic mass is 9.87. The molecule has 9 nitrogen and oxygen atoms in total. The summed E-state index contributed by atoms with van der Waals surface area (Å²) in [4.78, 5) is 37.0. The molecule has 0 bridgehead atoms. The molecule has 0 radical (unpaired) electrons. The van der Waals surface area contributed by atoms with E-state index in [0.29, 0.717) is 36.0 Å². The summed E-state index contributed by atoms with van der Waals surface area (Å²) in [6.45, 7) is 7.52. The Balaban J connectivity index is 1.45. The van der Waals surface area contributed by atoms with Gasteiger partial charge in [0.15, 0.2) is 5.65 Å². The first-order valence-electron chi connectivity index (χ1n) is 13.8. The minimum Gasteiger partial charge on any atom is -0.355 e. The predicted molar refractivity (Wildman–Crippen MR) is 159 cm³/mol. The fraction of sp³-hybridized carbons (Fsp3) is 0.312. The van der Waals surface area contributed by atoms with Gasteiger partial charge < -0.3 is 10.2 Å². The molecule has 1 amide bonds. The normalized spacial score (nSPS) is 17.3. The van der Waals surface area contributed by atoms with Gasteiger partial charge in [-0.05, 0) is 66.6 Å². The summed E-state index contributed by atoms with van der Waals surface area (Å²) in [6.07, 6.45) is 6.05. The minimum absolute atomic E-state index is 0.103. The van der Waals surface area contributed by atoms with Crippen molar-refractivity contribution in [3.63, 3.8) is 0 Å². The van der Waals surface area contributed by atoms with Crippen molar-refractivity contribution in [3.8, 4) is 6.07 Å². The number of aromatic nitrogens is 3. The summed E-state index contributed by atoms with van der Waals surface area (Å²) in [7, 11) is 1.92. The Bertz CT molecular complexity index is 1700. The number of rotatable bonds is 6. The molecule has 0 saturated carbocycles. The molecule has 9 heteroatoms. The SMILES string of the molecule is Cc1cccc(Nc2ccccc2C(=O)n2ccc3c(/[N+](C)=C\C4CN(C(=O)CC#N)CC[C@H]4C)ncnc32)c1C. The van der Waals surface area contributed by atoms with Crippen molar-refractivity contribution in [1.82, 2.24) is 19.4 Å². The fourth-order valence-corrected chi connectivity index (χ4v) is 5.38. The molecule has 1 fully saturated rings. The number of nitriles is 1. The van der Waals surface area contributed by atoms with E-state index in [1.54, 1.807) is 15.7 Å². The van der Waals surface area contributed by atoms with E-state index in [-0.39, 0.29) is 24.2 Å². The maximum absolute atomic E-state index is 13.9. The van der Waals surface area contributed by atoms with Crippen LogP contribution in [0.3, 0.4) is 0 Å². The number of carbonyl (C=O) groups is 2. The van der Waals surface area contributed by atoms with Crippen LogP contribution >= 0.6 is 0 Å². The van der Waals surface area contributed by atoms with Crippen molar-refractivity contribution in [2.24, 2.45) is 11.8 Å². The highest BCUT2D eigenvalue weighted by Gasteiger charge is 2.30. The highest BCUT2D eigenvalue weighted by Crippen LogP contribution is 2.29. The Kier molecular flexibility index (Phi) is 7.92. The van der Waals surface area contributed by atoms with Crippen LogP contribution in [-0.4, -0.2) is 62.2 Å². The molecule has 0 spiro atoms. The lowest BCUT2D eigenvalue weighted by Crippen LogP contribution is -2.44. The number of nitrogens with zero attached hydrogens (tertiary/aromatic N) is 6. The molecule has 41 heavy (non-hydrogen) atoms. The number of benzene rings is 2. The first-order chi connectivity index (χ1) is 19.8. The third kappa shape index (κ3) is 5.59. The molecule has 1 N–H and O–H groups in total. The second-order valence-corrected chi connectivity index (χ2v) is 10.7. The summed E-state index contributed by atoms with van der Waals surface area (Å²) in [5, 5.41) is 13.1. The van der Waals surface area contributed by atoms with Crippen LogP contribution in [0.1, 0.15) is 41.3 Å². The van der Waals surface area contributed by atoms with Gasteiger partial charge in [-0.2, -0.15) is 10.2 Å². The number of fused-ring (bicyclic) bond motifs is 1. The van der Waals surface area contributed by atoms with Crippen LogP contribution < -0.4 is 5.32 Å². The number of para-hydroxylation sites is 1. The van der Waals surface area contributed by atoms with Crippen molar-refractivity contribution in [3.05, 3.63) is 77.7 Å². The first kappa shape index (κ1) is 27.7. The number of aryl methyl sites for hydroxylation is 1. The molecule has 1 unspecified atom stereocenters. The van der Waals surface area contributed by atoms with E-state index in [9.17, 15) is 9.59 Å². The van der Waals surface area contributed by atoms with Gasteiger partial charge >= 0.3 is 5.82 Å². The number of hydrogen-bond acceptors (Lipinski definition) is 6. The van der Waals surface area contributed by atoms with E-state index >= 15 is 0 Å². The van der Waals surface area contributed by atoms with Crippen LogP contribution in [0.4, 0.5) is 17.2 Å². The third-order valence-electron chi connectivity index (χ3n) is 8.06. The van der Waals surface area contributed by atoms with Gasteiger partial charge in [-0.3, -0.25) is 14.2 Å². The van der Waals surface area contributed by atoms with Crippen molar-refractivity contribution in [1.29, 1.82) is 5.26 Å². The van der Waals surface area contributed by atoms with E-state index in [1.165, 1.54) is 11.9 Å². The van der Waals surface area contributed by atoms with Gasteiger partial charge in [-0.1, -0.05) is 31.2 Å². The Labute approximate surface area is 239 Å². The van der Waals surface area contributed by atoms with E-state index in [0.717, 1.165) is 28.7 Å². The number of likely N-dealkylation sites (tertiary alicyclic amines) is 1. The molecular weight excluding hydrogens is 514 g/mol. The van der Waals surface area contributed by atoms with E-state index in [4.69, 9.17) is 5.26 Å². The van der Waals surface area contributed by atoms with Crippen molar-refractivity contribution < 1.29 is 14.2 Å². The average Bonchev–Trinajstić information content (AvgIpc) is 3.41. The molecule has 1 aliphatic heterocycles. The van der Waals surface area contributed by atoms with Crippen molar-refractivity contribution in [2.45, 2.75) is 33.6 Å². The third-order valence-corrected chi connectivity index (χ3v) is 8.06. The summed E-state index contributed by atoms with van der Waals surface area (Å²) >= 11 is 0. The molecule has 2 atom stereocenters. The Hall–Kier alpha value is -4.84. The highest BCUT2D eigenvalue weighted by molar-refractivity contribution is 6.06. The number of nitrogens with one attached hydrogen (secondary N) is 1. The first-order valence-corrected chi connectivity index (χ1v) is 13.8. The smallest absolute Gasteiger partial charge is 0.335 e. The van der Waals surface area contributed by atoms with Crippen molar-refractivity contribution in [2.75, 3.05) is 25.5 Å². The number of carbonyl (C=O) groups excluding carboxylic acids is 2. The summed E-state index contributed by atoms with van der Waals surface area (Å²) in [5.41, 5.74) is 5.02. The standard InChI is InChI=1S/C32H33N7O2/c1-21-8-7-11-27(23(21)3)36-28-10-6-5-9-25(28)32(41)39-17-14-26-30(34-20-35-31(26)39)37(4)18-24-19-38(16-13-22(24)2)29(40)12-15-33/h5-11,14,17-18,20,22,24H,12-13,16,19H2,1-4H3/p+1/b37-18-/t22-,24?/m1/s1. The van der Waals surface area contributed by atoms with E-state index in [2.05, 4.69) is 48.3 Å². The molecule has 2 aromatic heterocycles. The zero-order valence-electron chi connectivity index (χ0n) is 23.8. The summed E-state index contributed by atoms with van der Waals surface area (Å²) in [5.74, 6) is 0.822. The molecule has 4 aromatic rings. The zero-order valence-corrected chi connectivity index (χ0v) is 23.8. The van der Waals surface area contributed by atoms with Crippen LogP contribution in [0.5, 0.6) is 0 Å². The number of piperidine rings is 1. The largest absolute Gasteiger partial charge is 0.355 e. The van der Waals surface area contributed by atoms with Gasteiger partial charge in [-0.15, -0.1) is 0 Å². The van der Waals surface area contributed by atoms with Crippen LogP contribution in [0.15, 0.2) is 61.1 Å². The van der Waals surface area contributed by atoms with Gasteiger partial charge in [0.1, 0.15) is 11.8 Å². The Morgan fingerprint density at radius 1 is 1.12 bits per heavy atom. The maximum atomic E-state index is 13.9. The lowest BCUT2D eigenvalue weighted by Gasteiger charge is -2.34. The topological polar surface area (TPSA) is 107 Å². The quantitative estimate of drug-likeness (QED) is 0.261. The minimum atomic E-state index is -0.197.